The fraction of sp³-hybridized carbons (Fsp3) is 0.409. The van der Waals surface area contributed by atoms with Crippen LogP contribution in [0.3, 0.4) is 0 Å². The summed E-state index contributed by atoms with van der Waals surface area (Å²) in [5, 5.41) is 6.71. The van der Waals surface area contributed by atoms with E-state index in [2.05, 4.69) is 22.5 Å². The molecule has 0 heterocycles. The van der Waals surface area contributed by atoms with Crippen LogP contribution >= 0.6 is 24.0 Å². The zero-order chi connectivity index (χ0) is 18.9. The van der Waals surface area contributed by atoms with Gasteiger partial charge in [-0.15, -0.1) is 24.0 Å². The van der Waals surface area contributed by atoms with E-state index in [9.17, 15) is 0 Å². The fourth-order valence-corrected chi connectivity index (χ4v) is 2.74. The first-order valence-electron chi connectivity index (χ1n) is 9.64. The molecule has 5 nitrogen and oxygen atoms in total. The van der Waals surface area contributed by atoms with Crippen molar-refractivity contribution in [2.24, 2.45) is 10.9 Å². The number of hydrogen-bond donors (Lipinski definition) is 2. The Morgan fingerprint density at radius 2 is 1.82 bits per heavy atom. The molecule has 0 bridgehead atoms. The minimum absolute atomic E-state index is 0. The summed E-state index contributed by atoms with van der Waals surface area (Å²) in [5.74, 6) is 3.16. The van der Waals surface area contributed by atoms with Crippen LogP contribution in [0.2, 0.25) is 0 Å². The molecule has 0 atom stereocenters. The number of rotatable bonds is 9. The van der Waals surface area contributed by atoms with Gasteiger partial charge in [0.15, 0.2) is 17.5 Å². The van der Waals surface area contributed by atoms with Crippen LogP contribution in [0.4, 0.5) is 0 Å². The highest BCUT2D eigenvalue weighted by atomic mass is 127. The van der Waals surface area contributed by atoms with E-state index in [4.69, 9.17) is 9.47 Å². The van der Waals surface area contributed by atoms with E-state index in [0.29, 0.717) is 13.2 Å². The second-order valence-corrected chi connectivity index (χ2v) is 6.78. The predicted molar refractivity (Wildman–Crippen MR) is 125 cm³/mol. The maximum atomic E-state index is 5.92. The van der Waals surface area contributed by atoms with Gasteiger partial charge in [0.25, 0.3) is 0 Å². The molecule has 0 spiro atoms. The van der Waals surface area contributed by atoms with Gasteiger partial charge >= 0.3 is 0 Å². The standard InChI is InChI=1S/C22H29N3O2.HI/c1-3-23-22(24-14-17-9-10-17)25-15-19-11-12-20(21(13-19)26-2)27-16-18-7-5-4-6-8-18;/h4-8,11-13,17H,3,9-10,14-16H2,1-2H3,(H2,23,24,25);1H. The topological polar surface area (TPSA) is 54.9 Å². The SMILES string of the molecule is CCNC(=NCc1ccc(OCc2ccccc2)c(OC)c1)NCC1CC1.I. The highest BCUT2D eigenvalue weighted by molar-refractivity contribution is 14.0. The number of ether oxygens (including phenoxy) is 2. The van der Waals surface area contributed by atoms with Crippen LogP contribution in [0.1, 0.15) is 30.9 Å². The average Bonchev–Trinajstić information content (AvgIpc) is 3.54. The van der Waals surface area contributed by atoms with E-state index in [-0.39, 0.29) is 24.0 Å². The van der Waals surface area contributed by atoms with Gasteiger partial charge in [-0.05, 0) is 48.9 Å². The number of aliphatic imine (C=N–C) groups is 1. The zero-order valence-corrected chi connectivity index (χ0v) is 18.9. The summed E-state index contributed by atoms with van der Waals surface area (Å²) in [6, 6.07) is 16.1. The maximum Gasteiger partial charge on any atom is 0.191 e. The number of nitrogens with one attached hydrogen (secondary N) is 2. The molecule has 0 radical (unpaired) electrons. The van der Waals surface area contributed by atoms with Gasteiger partial charge in [0, 0.05) is 13.1 Å². The largest absolute Gasteiger partial charge is 0.493 e. The van der Waals surface area contributed by atoms with Crippen molar-refractivity contribution in [3.05, 3.63) is 59.7 Å². The van der Waals surface area contributed by atoms with Gasteiger partial charge in [0.1, 0.15) is 6.61 Å². The van der Waals surface area contributed by atoms with Crippen LogP contribution in [-0.2, 0) is 13.2 Å². The Balaban J connectivity index is 0.00000280. The van der Waals surface area contributed by atoms with Crippen LogP contribution in [0.5, 0.6) is 11.5 Å². The molecule has 0 aromatic heterocycles. The Bertz CT molecular complexity index is 749. The summed E-state index contributed by atoms with van der Waals surface area (Å²) in [6.45, 7) is 5.05. The van der Waals surface area contributed by atoms with Crippen molar-refractivity contribution < 1.29 is 9.47 Å². The smallest absolute Gasteiger partial charge is 0.191 e. The van der Waals surface area contributed by atoms with Gasteiger partial charge in [0.2, 0.25) is 0 Å². The fourth-order valence-electron chi connectivity index (χ4n) is 2.74. The summed E-state index contributed by atoms with van der Waals surface area (Å²) in [5.41, 5.74) is 2.22. The maximum absolute atomic E-state index is 5.92. The van der Waals surface area contributed by atoms with Crippen LogP contribution in [0.15, 0.2) is 53.5 Å². The number of hydrogen-bond acceptors (Lipinski definition) is 3. The number of benzene rings is 2. The number of nitrogens with zero attached hydrogens (tertiary/aromatic N) is 1. The van der Waals surface area contributed by atoms with Crippen molar-refractivity contribution >= 4 is 29.9 Å². The van der Waals surface area contributed by atoms with E-state index in [1.54, 1.807) is 7.11 Å². The lowest BCUT2D eigenvalue weighted by molar-refractivity contribution is 0.284. The molecule has 2 aromatic carbocycles. The first-order chi connectivity index (χ1) is 13.3. The van der Waals surface area contributed by atoms with Crippen molar-refractivity contribution in [2.75, 3.05) is 20.2 Å². The summed E-state index contributed by atoms with van der Waals surface area (Å²) in [7, 11) is 1.67. The van der Waals surface area contributed by atoms with Gasteiger partial charge in [-0.2, -0.15) is 0 Å². The van der Waals surface area contributed by atoms with Crippen molar-refractivity contribution in [1.29, 1.82) is 0 Å². The van der Waals surface area contributed by atoms with Crippen molar-refractivity contribution in [1.82, 2.24) is 10.6 Å². The molecule has 152 valence electrons. The van der Waals surface area contributed by atoms with E-state index >= 15 is 0 Å². The molecule has 0 amide bonds. The van der Waals surface area contributed by atoms with Gasteiger partial charge in [-0.25, -0.2) is 4.99 Å². The minimum Gasteiger partial charge on any atom is -0.493 e. The van der Waals surface area contributed by atoms with Gasteiger partial charge in [-0.3, -0.25) is 0 Å². The molecule has 2 N–H and O–H groups in total. The molecule has 0 unspecified atom stereocenters. The zero-order valence-electron chi connectivity index (χ0n) is 16.6. The molecule has 3 rings (SSSR count). The third-order valence-electron chi connectivity index (χ3n) is 4.48. The average molecular weight is 495 g/mol. The predicted octanol–water partition coefficient (Wildman–Crippen LogP) is 4.36. The molecule has 1 aliphatic rings. The van der Waals surface area contributed by atoms with E-state index in [0.717, 1.165) is 47.6 Å². The molecule has 2 aromatic rings. The summed E-state index contributed by atoms with van der Waals surface area (Å²) in [6.07, 6.45) is 2.65. The number of methoxy groups -OCH3 is 1. The summed E-state index contributed by atoms with van der Waals surface area (Å²) in [4.78, 5) is 4.68. The van der Waals surface area contributed by atoms with Crippen LogP contribution < -0.4 is 20.1 Å². The Labute approximate surface area is 184 Å². The molecule has 28 heavy (non-hydrogen) atoms. The Hall–Kier alpha value is -1.96. The number of halogens is 1. The lowest BCUT2D eigenvalue weighted by Gasteiger charge is -2.13. The monoisotopic (exact) mass is 495 g/mol. The summed E-state index contributed by atoms with van der Waals surface area (Å²) >= 11 is 0. The van der Waals surface area contributed by atoms with E-state index < -0.39 is 0 Å². The lowest BCUT2D eigenvalue weighted by Crippen LogP contribution is -2.38. The summed E-state index contributed by atoms with van der Waals surface area (Å²) < 4.78 is 11.4. The second-order valence-electron chi connectivity index (χ2n) is 6.78. The molecule has 0 aliphatic heterocycles. The van der Waals surface area contributed by atoms with E-state index in [1.807, 2.05) is 48.5 Å². The van der Waals surface area contributed by atoms with Gasteiger partial charge < -0.3 is 20.1 Å². The highest BCUT2D eigenvalue weighted by Crippen LogP contribution is 2.29. The van der Waals surface area contributed by atoms with Crippen LogP contribution in [-0.4, -0.2) is 26.2 Å². The molecular weight excluding hydrogens is 465 g/mol. The minimum atomic E-state index is 0. The van der Waals surface area contributed by atoms with Crippen LogP contribution in [0, 0.1) is 5.92 Å². The third-order valence-corrected chi connectivity index (χ3v) is 4.48. The van der Waals surface area contributed by atoms with Crippen LogP contribution in [0.25, 0.3) is 0 Å². The van der Waals surface area contributed by atoms with Gasteiger partial charge in [-0.1, -0.05) is 36.4 Å². The lowest BCUT2D eigenvalue weighted by atomic mass is 10.2. The Kier molecular flexibility index (Phi) is 9.40. The Morgan fingerprint density at radius 3 is 2.50 bits per heavy atom. The normalized spacial score (nSPS) is 13.4. The van der Waals surface area contributed by atoms with Crippen molar-refractivity contribution in [3.8, 4) is 11.5 Å². The molecule has 1 saturated carbocycles. The van der Waals surface area contributed by atoms with Crippen molar-refractivity contribution in [3.63, 3.8) is 0 Å². The van der Waals surface area contributed by atoms with Crippen molar-refractivity contribution in [2.45, 2.75) is 32.9 Å². The highest BCUT2D eigenvalue weighted by Gasteiger charge is 2.21. The number of guanidine groups is 1. The first-order valence-corrected chi connectivity index (χ1v) is 9.64. The molecular formula is C22H30IN3O2. The van der Waals surface area contributed by atoms with Gasteiger partial charge in [0.05, 0.1) is 13.7 Å². The first kappa shape index (κ1) is 22.3. The molecule has 1 fully saturated rings. The Morgan fingerprint density at radius 1 is 1.04 bits per heavy atom. The van der Waals surface area contributed by atoms with E-state index in [1.165, 1.54) is 12.8 Å². The second kappa shape index (κ2) is 11.8. The molecule has 6 heteroatoms. The molecule has 1 aliphatic carbocycles. The molecule has 0 saturated heterocycles. The quantitative estimate of drug-likeness (QED) is 0.309. The third kappa shape index (κ3) is 7.22.